The normalized spacial score (nSPS) is 18.2. The molecule has 1 aromatic heterocycles. The number of carbonyl (C=O) groups excluding carboxylic acids is 1. The third-order valence-corrected chi connectivity index (χ3v) is 8.18. The summed E-state index contributed by atoms with van der Waals surface area (Å²) in [6.07, 6.45) is 6.78. The van der Waals surface area contributed by atoms with Gasteiger partial charge in [-0.2, -0.15) is 4.31 Å². The van der Waals surface area contributed by atoms with Gasteiger partial charge >= 0.3 is 0 Å². The number of aromatic nitrogens is 1. The smallest absolute Gasteiger partial charge is 0.259 e. The number of piperidine rings is 1. The van der Waals surface area contributed by atoms with E-state index in [0.29, 0.717) is 23.8 Å². The first-order valence-corrected chi connectivity index (χ1v) is 12.3. The van der Waals surface area contributed by atoms with Gasteiger partial charge in [0.15, 0.2) is 5.13 Å². The molecular formula is C20H26N4O3S2. The predicted molar refractivity (Wildman–Crippen MR) is 115 cm³/mol. The first-order valence-electron chi connectivity index (χ1n) is 10.1. The van der Waals surface area contributed by atoms with Crippen LogP contribution in [0.4, 0.5) is 10.8 Å². The highest BCUT2D eigenvalue weighted by atomic mass is 32.2. The van der Waals surface area contributed by atoms with Crippen molar-refractivity contribution in [3.05, 3.63) is 34.8 Å². The van der Waals surface area contributed by atoms with Crippen LogP contribution in [-0.2, 0) is 10.0 Å². The van der Waals surface area contributed by atoms with Crippen molar-refractivity contribution in [2.24, 2.45) is 0 Å². The Morgan fingerprint density at radius 3 is 2.41 bits per heavy atom. The van der Waals surface area contributed by atoms with Crippen LogP contribution >= 0.6 is 11.3 Å². The van der Waals surface area contributed by atoms with Gasteiger partial charge in [-0.25, -0.2) is 13.4 Å². The van der Waals surface area contributed by atoms with Crippen molar-refractivity contribution in [2.45, 2.75) is 43.9 Å². The fourth-order valence-electron chi connectivity index (χ4n) is 3.92. The molecule has 1 N–H and O–H groups in total. The number of carbonyl (C=O) groups is 1. The Hall–Kier alpha value is -1.97. The molecule has 7 nitrogen and oxygen atoms in total. The van der Waals surface area contributed by atoms with Crippen LogP contribution in [0.1, 0.15) is 47.3 Å². The molecule has 0 radical (unpaired) electrons. The van der Waals surface area contributed by atoms with E-state index in [4.69, 9.17) is 0 Å². The molecule has 2 aliphatic rings. The second-order valence-electron chi connectivity index (χ2n) is 7.57. The summed E-state index contributed by atoms with van der Waals surface area (Å²) < 4.78 is 27.6. The molecule has 4 rings (SSSR count). The Labute approximate surface area is 175 Å². The number of nitrogens with one attached hydrogen (secondary N) is 1. The Balaban J connectivity index is 1.70. The van der Waals surface area contributed by atoms with Crippen LogP contribution in [0.2, 0.25) is 0 Å². The summed E-state index contributed by atoms with van der Waals surface area (Å²) in [5, 5.41) is 3.36. The summed E-state index contributed by atoms with van der Waals surface area (Å²) in [4.78, 5) is 20.7. The third-order valence-electron chi connectivity index (χ3n) is 5.45. The van der Waals surface area contributed by atoms with E-state index in [-0.39, 0.29) is 10.8 Å². The van der Waals surface area contributed by atoms with Crippen molar-refractivity contribution in [1.29, 1.82) is 0 Å². The molecule has 156 valence electrons. The van der Waals surface area contributed by atoms with Gasteiger partial charge in [-0.3, -0.25) is 10.1 Å². The zero-order chi connectivity index (χ0) is 20.4. The van der Waals surface area contributed by atoms with Gasteiger partial charge in [-0.05, 0) is 57.2 Å². The number of hydrogen-bond donors (Lipinski definition) is 1. The van der Waals surface area contributed by atoms with Gasteiger partial charge in [0.2, 0.25) is 10.0 Å². The molecule has 1 aromatic carbocycles. The van der Waals surface area contributed by atoms with E-state index in [9.17, 15) is 13.2 Å². The number of hydrogen-bond acceptors (Lipinski definition) is 6. The molecule has 2 saturated heterocycles. The average Bonchev–Trinajstić information content (AvgIpc) is 3.40. The van der Waals surface area contributed by atoms with Crippen molar-refractivity contribution in [2.75, 3.05) is 36.4 Å². The van der Waals surface area contributed by atoms with Crippen LogP contribution < -0.4 is 10.2 Å². The third kappa shape index (κ3) is 4.31. The molecule has 29 heavy (non-hydrogen) atoms. The zero-order valence-corrected chi connectivity index (χ0v) is 18.2. The van der Waals surface area contributed by atoms with Gasteiger partial charge in [0.25, 0.3) is 5.91 Å². The van der Waals surface area contributed by atoms with Crippen LogP contribution in [0.5, 0.6) is 0 Å². The minimum atomic E-state index is -3.59. The van der Waals surface area contributed by atoms with E-state index in [1.165, 1.54) is 28.1 Å². The SMILES string of the molecule is Cc1cnc(NC(=O)c2cc(S(=O)(=O)N3CCCC3)ccc2N2CCCCC2)s1. The highest BCUT2D eigenvalue weighted by Gasteiger charge is 2.29. The van der Waals surface area contributed by atoms with Crippen molar-refractivity contribution in [3.8, 4) is 0 Å². The summed E-state index contributed by atoms with van der Waals surface area (Å²) >= 11 is 1.40. The van der Waals surface area contributed by atoms with Crippen molar-refractivity contribution >= 4 is 38.1 Å². The van der Waals surface area contributed by atoms with Crippen LogP contribution in [0.3, 0.4) is 0 Å². The molecule has 1 amide bonds. The van der Waals surface area contributed by atoms with Gasteiger partial charge in [0, 0.05) is 42.9 Å². The van der Waals surface area contributed by atoms with Crippen LogP contribution in [0, 0.1) is 6.92 Å². The second-order valence-corrected chi connectivity index (χ2v) is 10.7. The minimum absolute atomic E-state index is 0.181. The molecular weight excluding hydrogens is 408 g/mol. The molecule has 9 heteroatoms. The molecule has 0 spiro atoms. The van der Waals surface area contributed by atoms with Crippen LogP contribution in [-0.4, -0.2) is 49.8 Å². The number of anilines is 2. The summed E-state index contributed by atoms with van der Waals surface area (Å²) in [5.74, 6) is -0.321. The second kappa shape index (κ2) is 8.41. The monoisotopic (exact) mass is 434 g/mol. The molecule has 0 saturated carbocycles. The average molecular weight is 435 g/mol. The number of benzene rings is 1. The summed E-state index contributed by atoms with van der Waals surface area (Å²) in [7, 11) is -3.59. The van der Waals surface area contributed by atoms with Crippen molar-refractivity contribution in [1.82, 2.24) is 9.29 Å². The highest BCUT2D eigenvalue weighted by molar-refractivity contribution is 7.89. The van der Waals surface area contributed by atoms with E-state index in [1.807, 2.05) is 6.92 Å². The molecule has 0 atom stereocenters. The van der Waals surface area contributed by atoms with E-state index in [1.54, 1.807) is 18.3 Å². The van der Waals surface area contributed by atoms with E-state index in [0.717, 1.165) is 49.3 Å². The lowest BCUT2D eigenvalue weighted by molar-refractivity contribution is 0.102. The lowest BCUT2D eigenvalue weighted by Gasteiger charge is -2.30. The highest BCUT2D eigenvalue weighted by Crippen LogP contribution is 2.30. The number of amides is 1. The quantitative estimate of drug-likeness (QED) is 0.779. The number of sulfonamides is 1. The van der Waals surface area contributed by atoms with E-state index >= 15 is 0 Å². The fourth-order valence-corrected chi connectivity index (χ4v) is 6.13. The first kappa shape index (κ1) is 20.3. The Morgan fingerprint density at radius 2 is 1.76 bits per heavy atom. The zero-order valence-electron chi connectivity index (χ0n) is 16.6. The van der Waals surface area contributed by atoms with E-state index < -0.39 is 10.0 Å². The number of thiazole rings is 1. The number of aryl methyl sites for hydroxylation is 1. The summed E-state index contributed by atoms with van der Waals surface area (Å²) in [6.45, 7) is 4.74. The minimum Gasteiger partial charge on any atom is -0.371 e. The lowest BCUT2D eigenvalue weighted by atomic mass is 10.1. The van der Waals surface area contributed by atoms with Gasteiger partial charge in [-0.1, -0.05) is 0 Å². The largest absolute Gasteiger partial charge is 0.371 e. The number of nitrogens with zero attached hydrogens (tertiary/aromatic N) is 3. The van der Waals surface area contributed by atoms with Crippen LogP contribution in [0.25, 0.3) is 0 Å². The van der Waals surface area contributed by atoms with Gasteiger partial charge in [0.05, 0.1) is 10.5 Å². The maximum atomic E-state index is 13.1. The molecule has 0 unspecified atom stereocenters. The maximum absolute atomic E-state index is 13.1. The van der Waals surface area contributed by atoms with Crippen molar-refractivity contribution < 1.29 is 13.2 Å². The maximum Gasteiger partial charge on any atom is 0.259 e. The molecule has 0 aliphatic carbocycles. The molecule has 3 heterocycles. The number of rotatable bonds is 5. The topological polar surface area (TPSA) is 82.6 Å². The standard InChI is InChI=1S/C20H26N4O3S2/c1-15-14-21-20(28-15)22-19(25)17-13-16(29(26,27)24-11-5-6-12-24)7-8-18(17)23-9-3-2-4-10-23/h7-8,13-14H,2-6,9-12H2,1H3,(H,21,22,25). The predicted octanol–water partition coefficient (Wildman–Crippen LogP) is 3.48. The van der Waals surface area contributed by atoms with E-state index in [2.05, 4.69) is 15.2 Å². The molecule has 2 aliphatic heterocycles. The summed E-state index contributed by atoms with van der Waals surface area (Å²) in [5.41, 5.74) is 1.18. The molecule has 2 aromatic rings. The van der Waals surface area contributed by atoms with Gasteiger partial charge in [-0.15, -0.1) is 11.3 Å². The fraction of sp³-hybridized carbons (Fsp3) is 0.500. The lowest BCUT2D eigenvalue weighted by Crippen LogP contribution is -2.32. The Kier molecular flexibility index (Phi) is 5.89. The van der Waals surface area contributed by atoms with Gasteiger partial charge < -0.3 is 4.90 Å². The van der Waals surface area contributed by atoms with Crippen LogP contribution in [0.15, 0.2) is 29.3 Å². The Bertz CT molecular complexity index is 991. The van der Waals surface area contributed by atoms with Crippen molar-refractivity contribution in [3.63, 3.8) is 0 Å². The molecule has 2 fully saturated rings. The molecule has 0 bridgehead atoms. The Morgan fingerprint density at radius 1 is 1.07 bits per heavy atom. The summed E-state index contributed by atoms with van der Waals surface area (Å²) in [6, 6.07) is 4.96. The van der Waals surface area contributed by atoms with Gasteiger partial charge in [0.1, 0.15) is 0 Å². The first-order chi connectivity index (χ1) is 13.9.